The van der Waals surface area contributed by atoms with E-state index in [9.17, 15) is 4.79 Å². The Hall–Kier alpha value is -0.180. The van der Waals surface area contributed by atoms with Gasteiger partial charge in [-0.05, 0) is 21.1 Å². The lowest BCUT2D eigenvalue weighted by atomic mass is 10.6. The highest BCUT2D eigenvalue weighted by molar-refractivity contribution is 7.16. The normalized spacial score (nSPS) is 10.8. The van der Waals surface area contributed by atoms with E-state index < -0.39 is 0 Å². The molecule has 0 saturated carbocycles. The second kappa shape index (κ2) is 6.35. The maximum atomic E-state index is 10.9. The fraction of sp³-hybridized carbons (Fsp3) is 0.857. The topological polar surface area (TPSA) is 32.8 Å². The van der Waals surface area contributed by atoms with E-state index in [1.807, 2.05) is 30.9 Å². The van der Waals surface area contributed by atoms with Crippen molar-refractivity contribution in [3.8, 4) is 0 Å². The third kappa shape index (κ3) is 6.53. The van der Waals surface area contributed by atoms with Gasteiger partial charge in [0.05, 0.1) is 13.2 Å². The molecule has 0 saturated heterocycles. The van der Waals surface area contributed by atoms with Crippen LogP contribution in [0.15, 0.2) is 0 Å². The summed E-state index contributed by atoms with van der Waals surface area (Å²) in [6, 6.07) is 0. The molecular weight excluding hydrogens is 175 g/mol. The Balaban J connectivity index is 3.54. The largest absolute Gasteiger partial charge is 0.461 e. The fourth-order valence-corrected chi connectivity index (χ4v) is 1.08. The molecule has 72 valence electrons. The predicted molar refractivity (Wildman–Crippen MR) is 51.9 cm³/mol. The van der Waals surface area contributed by atoms with E-state index in [4.69, 9.17) is 4.74 Å². The van der Waals surface area contributed by atoms with Crippen molar-refractivity contribution in [3.05, 3.63) is 0 Å². The van der Waals surface area contributed by atoms with E-state index in [0.717, 1.165) is 6.67 Å². The molecule has 0 aliphatic carbocycles. The highest BCUT2D eigenvalue weighted by Crippen LogP contribution is 1.89. The van der Waals surface area contributed by atoms with Gasteiger partial charge in [0, 0.05) is 0 Å². The lowest BCUT2D eigenvalue weighted by molar-refractivity contribution is -0.142. The van der Waals surface area contributed by atoms with Gasteiger partial charge in [0.25, 0.3) is 0 Å². The van der Waals surface area contributed by atoms with Crippen LogP contribution in [-0.2, 0) is 9.53 Å². The molecule has 0 aromatic rings. The zero-order valence-electron chi connectivity index (χ0n) is 7.91. The summed E-state index contributed by atoms with van der Waals surface area (Å²) in [5.41, 5.74) is 0. The van der Waals surface area contributed by atoms with E-state index >= 15 is 0 Å². The second-order valence-electron chi connectivity index (χ2n) is 2.92. The van der Waals surface area contributed by atoms with Crippen LogP contribution < -0.4 is 0 Å². The number of rotatable bonds is 5. The summed E-state index contributed by atoms with van der Waals surface area (Å²) in [4.78, 5) is 14.8. The highest BCUT2D eigenvalue weighted by Gasteiger charge is 2.06. The third-order valence-electron chi connectivity index (χ3n) is 1.17. The molecule has 0 aromatic heterocycles. The van der Waals surface area contributed by atoms with Crippen molar-refractivity contribution in [1.82, 2.24) is 9.80 Å². The molecule has 0 fully saturated rings. The van der Waals surface area contributed by atoms with E-state index in [-0.39, 0.29) is 5.97 Å². The molecular formula is C7H17N2O2P. The summed E-state index contributed by atoms with van der Waals surface area (Å²) in [7, 11) is 8.14. The van der Waals surface area contributed by atoms with Crippen molar-refractivity contribution in [2.24, 2.45) is 0 Å². The van der Waals surface area contributed by atoms with Crippen LogP contribution in [-0.4, -0.2) is 56.5 Å². The van der Waals surface area contributed by atoms with Gasteiger partial charge < -0.3 is 4.74 Å². The van der Waals surface area contributed by atoms with Crippen LogP contribution >= 0.6 is 9.24 Å². The SMILES string of the molecule is CN(C)CN(C)CC(=O)OCP. The Morgan fingerprint density at radius 3 is 2.42 bits per heavy atom. The Bertz CT molecular complexity index is 141. The molecule has 1 atom stereocenters. The molecule has 4 nitrogen and oxygen atoms in total. The number of carbonyl (C=O) groups is 1. The zero-order chi connectivity index (χ0) is 9.56. The minimum Gasteiger partial charge on any atom is -0.461 e. The van der Waals surface area contributed by atoms with Crippen LogP contribution in [0.4, 0.5) is 0 Å². The zero-order valence-corrected chi connectivity index (χ0v) is 9.06. The molecule has 0 spiro atoms. The average Bonchev–Trinajstić information content (AvgIpc) is 1.84. The predicted octanol–water partition coefficient (Wildman–Crippen LogP) is -0.187. The molecule has 0 aliphatic rings. The Morgan fingerprint density at radius 2 is 2.00 bits per heavy atom. The number of nitrogens with zero attached hydrogens (tertiary/aromatic N) is 2. The second-order valence-corrected chi connectivity index (χ2v) is 3.25. The first-order valence-electron chi connectivity index (χ1n) is 3.75. The molecule has 0 bridgehead atoms. The Kier molecular flexibility index (Phi) is 6.25. The maximum absolute atomic E-state index is 10.9. The van der Waals surface area contributed by atoms with Crippen LogP contribution in [0.1, 0.15) is 0 Å². The molecule has 0 N–H and O–H groups in total. The number of esters is 1. The van der Waals surface area contributed by atoms with Gasteiger partial charge in [-0.2, -0.15) is 0 Å². The highest BCUT2D eigenvalue weighted by atomic mass is 31.0. The minimum absolute atomic E-state index is 0.186. The Morgan fingerprint density at radius 1 is 1.42 bits per heavy atom. The Labute approximate surface area is 76.1 Å². The molecule has 12 heavy (non-hydrogen) atoms. The first kappa shape index (κ1) is 11.8. The molecule has 0 heterocycles. The summed E-state index contributed by atoms with van der Waals surface area (Å²) in [5.74, 6) is -0.186. The lowest BCUT2D eigenvalue weighted by Gasteiger charge is -2.19. The van der Waals surface area contributed by atoms with E-state index in [2.05, 4.69) is 9.24 Å². The monoisotopic (exact) mass is 192 g/mol. The van der Waals surface area contributed by atoms with Crippen LogP contribution in [0.2, 0.25) is 0 Å². The minimum atomic E-state index is -0.186. The first-order chi connectivity index (χ1) is 5.56. The van der Waals surface area contributed by atoms with Gasteiger partial charge in [-0.25, -0.2) is 0 Å². The molecule has 0 aliphatic heterocycles. The van der Waals surface area contributed by atoms with E-state index in [0.29, 0.717) is 12.9 Å². The molecule has 5 heteroatoms. The first-order valence-corrected chi connectivity index (χ1v) is 4.57. The van der Waals surface area contributed by atoms with E-state index in [1.165, 1.54) is 0 Å². The molecule has 0 aromatic carbocycles. The smallest absolute Gasteiger partial charge is 0.320 e. The van der Waals surface area contributed by atoms with Gasteiger partial charge in [0.1, 0.15) is 6.35 Å². The summed E-state index contributed by atoms with van der Waals surface area (Å²) < 4.78 is 4.76. The molecule has 0 rings (SSSR count). The van der Waals surface area contributed by atoms with Crippen LogP contribution in [0, 0.1) is 0 Å². The van der Waals surface area contributed by atoms with Crippen molar-refractivity contribution in [1.29, 1.82) is 0 Å². The van der Waals surface area contributed by atoms with Crippen molar-refractivity contribution < 1.29 is 9.53 Å². The fourth-order valence-electron chi connectivity index (χ4n) is 0.892. The molecule has 0 amide bonds. The van der Waals surface area contributed by atoms with Crippen LogP contribution in [0.3, 0.4) is 0 Å². The van der Waals surface area contributed by atoms with Crippen molar-refractivity contribution in [2.75, 3.05) is 40.7 Å². The standard InChI is InChI=1S/C7H17N2O2P/c1-8(2)5-9(3)4-7(10)11-6-12/h4-6,12H2,1-3H3. The summed E-state index contributed by atoms with van der Waals surface area (Å²) >= 11 is 0. The molecule has 0 radical (unpaired) electrons. The quantitative estimate of drug-likeness (QED) is 0.343. The van der Waals surface area contributed by atoms with Gasteiger partial charge >= 0.3 is 5.97 Å². The van der Waals surface area contributed by atoms with Crippen molar-refractivity contribution >= 4 is 15.2 Å². The number of carbonyl (C=O) groups excluding carboxylic acids is 1. The summed E-state index contributed by atoms with van der Waals surface area (Å²) in [6.45, 7) is 1.10. The van der Waals surface area contributed by atoms with Gasteiger partial charge in [-0.1, -0.05) is 9.24 Å². The van der Waals surface area contributed by atoms with E-state index in [1.54, 1.807) is 0 Å². The van der Waals surface area contributed by atoms with Gasteiger partial charge in [0.2, 0.25) is 0 Å². The van der Waals surface area contributed by atoms with Crippen molar-refractivity contribution in [3.63, 3.8) is 0 Å². The number of hydrogen-bond donors (Lipinski definition) is 0. The third-order valence-corrected chi connectivity index (χ3v) is 1.33. The lowest BCUT2D eigenvalue weighted by Crippen LogP contribution is -2.34. The number of ether oxygens (including phenoxy) is 1. The summed E-state index contributed by atoms with van der Waals surface area (Å²) in [5, 5.41) is 0. The van der Waals surface area contributed by atoms with Gasteiger partial charge in [-0.15, -0.1) is 0 Å². The van der Waals surface area contributed by atoms with Crippen LogP contribution in [0.25, 0.3) is 0 Å². The number of likely N-dealkylation sites (N-methyl/N-ethyl adjacent to an activating group) is 1. The average molecular weight is 192 g/mol. The van der Waals surface area contributed by atoms with Gasteiger partial charge in [0.15, 0.2) is 0 Å². The van der Waals surface area contributed by atoms with Gasteiger partial charge in [-0.3, -0.25) is 14.6 Å². The van der Waals surface area contributed by atoms with Crippen LogP contribution in [0.5, 0.6) is 0 Å². The summed E-state index contributed by atoms with van der Waals surface area (Å²) in [6.07, 6.45) is 0.370. The van der Waals surface area contributed by atoms with Crippen molar-refractivity contribution in [2.45, 2.75) is 0 Å². The number of hydrogen-bond acceptors (Lipinski definition) is 4. The molecule has 1 unspecified atom stereocenters. The maximum Gasteiger partial charge on any atom is 0.320 e.